The van der Waals surface area contributed by atoms with Crippen molar-refractivity contribution in [3.63, 3.8) is 0 Å². The van der Waals surface area contributed by atoms with E-state index in [4.69, 9.17) is 4.74 Å². The Balaban J connectivity index is 1.86. The van der Waals surface area contributed by atoms with Gasteiger partial charge in [-0.1, -0.05) is 15.9 Å². The molecule has 6 heteroatoms. The van der Waals surface area contributed by atoms with E-state index in [0.29, 0.717) is 13.1 Å². The monoisotopic (exact) mass is 400 g/mol. The minimum Gasteiger partial charge on any atom is -0.444 e. The molecule has 1 atom stereocenters. The molecule has 0 saturated carbocycles. The minimum absolute atomic E-state index is 0.220. The van der Waals surface area contributed by atoms with Crippen molar-refractivity contribution >= 4 is 22.0 Å². The zero-order chi connectivity index (χ0) is 17.9. The van der Waals surface area contributed by atoms with Crippen LogP contribution in [-0.4, -0.2) is 53.7 Å². The van der Waals surface area contributed by atoms with Crippen LogP contribution in [0.1, 0.15) is 33.3 Å². The van der Waals surface area contributed by atoms with Gasteiger partial charge >= 0.3 is 6.09 Å². The van der Waals surface area contributed by atoms with Crippen molar-refractivity contribution < 1.29 is 13.9 Å². The quantitative estimate of drug-likeness (QED) is 0.766. The minimum atomic E-state index is -0.470. The van der Waals surface area contributed by atoms with Gasteiger partial charge < -0.3 is 9.64 Å². The van der Waals surface area contributed by atoms with E-state index in [1.165, 1.54) is 6.07 Å². The van der Waals surface area contributed by atoms with Gasteiger partial charge in [-0.05, 0) is 57.9 Å². The highest BCUT2D eigenvalue weighted by Gasteiger charge is 2.29. The zero-order valence-electron chi connectivity index (χ0n) is 14.8. The molecule has 0 bridgehead atoms. The van der Waals surface area contributed by atoms with Crippen molar-refractivity contribution in [1.82, 2.24) is 9.80 Å². The molecule has 0 N–H and O–H groups in total. The van der Waals surface area contributed by atoms with Gasteiger partial charge in [0.15, 0.2) is 0 Å². The molecule has 0 aliphatic carbocycles. The van der Waals surface area contributed by atoms with Crippen LogP contribution in [0.3, 0.4) is 0 Å². The van der Waals surface area contributed by atoms with Crippen LogP contribution in [0.4, 0.5) is 9.18 Å². The molecule has 1 unspecified atom stereocenters. The summed E-state index contributed by atoms with van der Waals surface area (Å²) in [7, 11) is 0. The highest BCUT2D eigenvalue weighted by molar-refractivity contribution is 9.10. The maximum atomic E-state index is 13.4. The van der Waals surface area contributed by atoms with E-state index >= 15 is 0 Å². The number of carbonyl (C=O) groups excluding carboxylic acids is 1. The molecule has 4 nitrogen and oxygen atoms in total. The predicted molar refractivity (Wildman–Crippen MR) is 96.6 cm³/mol. The van der Waals surface area contributed by atoms with Crippen LogP contribution in [0.2, 0.25) is 0 Å². The summed E-state index contributed by atoms with van der Waals surface area (Å²) in [4.78, 5) is 16.3. The van der Waals surface area contributed by atoms with Gasteiger partial charge in [-0.15, -0.1) is 0 Å². The van der Waals surface area contributed by atoms with Gasteiger partial charge in [0.05, 0.1) is 0 Å². The summed E-state index contributed by atoms with van der Waals surface area (Å²) in [5.41, 5.74) is 0.506. The van der Waals surface area contributed by atoms with Crippen LogP contribution in [0.25, 0.3) is 0 Å². The van der Waals surface area contributed by atoms with Gasteiger partial charge in [0, 0.05) is 36.7 Å². The zero-order valence-corrected chi connectivity index (χ0v) is 16.4. The van der Waals surface area contributed by atoms with Crippen LogP contribution in [0.15, 0.2) is 22.7 Å². The molecule has 0 spiro atoms. The first-order valence-electron chi connectivity index (χ1n) is 8.31. The van der Waals surface area contributed by atoms with E-state index in [1.54, 1.807) is 11.0 Å². The Kier molecular flexibility index (Phi) is 6.26. The summed E-state index contributed by atoms with van der Waals surface area (Å²) in [6, 6.07) is 5.24. The average Bonchev–Trinajstić information content (AvgIpc) is 2.43. The first-order chi connectivity index (χ1) is 11.1. The molecule has 1 amide bonds. The number of rotatable bonds is 3. The predicted octanol–water partition coefficient (Wildman–Crippen LogP) is 4.07. The third-order valence-corrected chi connectivity index (χ3v) is 4.48. The summed E-state index contributed by atoms with van der Waals surface area (Å²) in [5.74, 6) is -0.220. The van der Waals surface area contributed by atoms with Gasteiger partial charge in [-0.3, -0.25) is 4.90 Å². The maximum Gasteiger partial charge on any atom is 0.410 e. The van der Waals surface area contributed by atoms with Crippen LogP contribution in [0.5, 0.6) is 0 Å². The number of hydrogen-bond acceptors (Lipinski definition) is 3. The van der Waals surface area contributed by atoms with Gasteiger partial charge in [-0.2, -0.15) is 0 Å². The van der Waals surface area contributed by atoms with Gasteiger partial charge in [0.25, 0.3) is 0 Å². The lowest BCUT2D eigenvalue weighted by Gasteiger charge is -2.40. The molecule has 24 heavy (non-hydrogen) atoms. The fourth-order valence-electron chi connectivity index (χ4n) is 2.85. The molecule has 1 aliphatic heterocycles. The van der Waals surface area contributed by atoms with Gasteiger partial charge in [0.1, 0.15) is 11.4 Å². The fourth-order valence-corrected chi connectivity index (χ4v) is 3.36. The number of hydrogen-bond donors (Lipinski definition) is 0. The molecule has 1 saturated heterocycles. The number of halogens is 2. The second kappa shape index (κ2) is 7.83. The van der Waals surface area contributed by atoms with Gasteiger partial charge in [0.2, 0.25) is 0 Å². The molecule has 0 radical (unpaired) electrons. The van der Waals surface area contributed by atoms with E-state index in [2.05, 4.69) is 27.8 Å². The number of nitrogens with zero attached hydrogens (tertiary/aromatic N) is 2. The lowest BCUT2D eigenvalue weighted by atomic mass is 10.1. The summed E-state index contributed by atoms with van der Waals surface area (Å²) in [6.45, 7) is 10.7. The van der Waals surface area contributed by atoms with E-state index in [0.717, 1.165) is 29.5 Å². The molecule has 1 aromatic carbocycles. The smallest absolute Gasteiger partial charge is 0.410 e. The Hall–Kier alpha value is -1.14. The molecule has 1 aromatic rings. The number of benzene rings is 1. The van der Waals surface area contributed by atoms with Crippen molar-refractivity contribution in [2.24, 2.45) is 0 Å². The third kappa shape index (κ3) is 5.74. The van der Waals surface area contributed by atoms with Crippen LogP contribution in [-0.2, 0) is 11.2 Å². The third-order valence-electron chi connectivity index (χ3n) is 4.03. The summed E-state index contributed by atoms with van der Waals surface area (Å²) in [6.07, 6.45) is 0.538. The molecule has 0 aromatic heterocycles. The van der Waals surface area contributed by atoms with E-state index in [1.807, 2.05) is 26.8 Å². The summed E-state index contributed by atoms with van der Waals surface area (Å²) < 4.78 is 19.6. The second-order valence-corrected chi connectivity index (χ2v) is 8.25. The molecular formula is C18H26BrFN2O2. The van der Waals surface area contributed by atoms with Crippen LogP contribution >= 0.6 is 15.9 Å². The van der Waals surface area contributed by atoms with Crippen LogP contribution < -0.4 is 0 Å². The van der Waals surface area contributed by atoms with Crippen molar-refractivity contribution in [1.29, 1.82) is 0 Å². The molecule has 2 rings (SSSR count). The second-order valence-electron chi connectivity index (χ2n) is 7.34. The highest BCUT2D eigenvalue weighted by Crippen LogP contribution is 2.18. The Bertz CT molecular complexity index is 569. The van der Waals surface area contributed by atoms with Crippen LogP contribution in [0, 0.1) is 5.82 Å². The molecular weight excluding hydrogens is 375 g/mol. The lowest BCUT2D eigenvalue weighted by Crippen LogP contribution is -2.54. The van der Waals surface area contributed by atoms with E-state index < -0.39 is 5.60 Å². The Morgan fingerprint density at radius 2 is 2.04 bits per heavy atom. The number of amides is 1. The van der Waals surface area contributed by atoms with Crippen molar-refractivity contribution in [3.8, 4) is 0 Å². The van der Waals surface area contributed by atoms with Crippen molar-refractivity contribution in [3.05, 3.63) is 34.1 Å². The first kappa shape index (κ1) is 19.2. The number of ether oxygens (including phenoxy) is 1. The Labute approximate surface area is 152 Å². The Morgan fingerprint density at radius 3 is 2.62 bits per heavy atom. The largest absolute Gasteiger partial charge is 0.444 e. The van der Waals surface area contributed by atoms with Gasteiger partial charge in [-0.25, -0.2) is 9.18 Å². The standard InChI is InChI=1S/C18H26BrFN2O2/c1-13-12-22(17(23)24-18(2,3)4)8-7-21(13)6-5-14-9-15(19)11-16(20)10-14/h9-11,13H,5-8,12H2,1-4H3. The first-order valence-corrected chi connectivity index (χ1v) is 9.10. The number of carbonyl (C=O) groups is 1. The molecule has 1 aliphatic rings. The maximum absolute atomic E-state index is 13.4. The summed E-state index contributed by atoms with van der Waals surface area (Å²) >= 11 is 3.33. The van der Waals surface area contributed by atoms with Crippen molar-refractivity contribution in [2.75, 3.05) is 26.2 Å². The highest BCUT2D eigenvalue weighted by atomic mass is 79.9. The van der Waals surface area contributed by atoms with E-state index in [-0.39, 0.29) is 18.0 Å². The average molecular weight is 401 g/mol. The topological polar surface area (TPSA) is 32.8 Å². The normalized spacial score (nSPS) is 19.4. The van der Waals surface area contributed by atoms with E-state index in [9.17, 15) is 9.18 Å². The lowest BCUT2D eigenvalue weighted by molar-refractivity contribution is 0.00597. The molecule has 1 heterocycles. The fraction of sp³-hybridized carbons (Fsp3) is 0.611. The van der Waals surface area contributed by atoms with Crippen molar-refractivity contribution in [2.45, 2.75) is 45.8 Å². The molecule has 1 fully saturated rings. The number of piperazine rings is 1. The molecule has 134 valence electrons. The Morgan fingerprint density at radius 1 is 1.33 bits per heavy atom. The SMILES string of the molecule is CC1CN(C(=O)OC(C)(C)C)CCN1CCc1cc(F)cc(Br)c1. The summed E-state index contributed by atoms with van der Waals surface area (Å²) in [5, 5.41) is 0.